The first-order valence-electron chi connectivity index (χ1n) is 9.95. The summed E-state index contributed by atoms with van der Waals surface area (Å²) < 4.78 is 14.7. The molecule has 1 atom stereocenters. The number of hydrogen-bond donors (Lipinski definition) is 1. The van der Waals surface area contributed by atoms with Crippen molar-refractivity contribution in [3.63, 3.8) is 0 Å². The lowest BCUT2D eigenvalue weighted by Crippen LogP contribution is -2.45. The van der Waals surface area contributed by atoms with Crippen LogP contribution in [0.1, 0.15) is 47.8 Å². The first-order chi connectivity index (χ1) is 13.9. The molecule has 2 aromatic rings. The van der Waals surface area contributed by atoms with E-state index in [4.69, 9.17) is 11.6 Å². The molecule has 1 unspecified atom stereocenters. The molecule has 1 aliphatic rings. The quantitative estimate of drug-likeness (QED) is 0.778. The number of piperidine rings is 1. The average molecular weight is 421 g/mol. The summed E-state index contributed by atoms with van der Waals surface area (Å²) in [4.78, 5) is 27.1. The molecule has 1 aliphatic heterocycles. The van der Waals surface area contributed by atoms with Crippen LogP contribution in [0.5, 0.6) is 0 Å². The van der Waals surface area contributed by atoms with E-state index in [-0.39, 0.29) is 28.7 Å². The molecule has 1 N–H and O–H groups in total. The Morgan fingerprint density at radius 2 is 2.03 bits per heavy atom. The number of benzene rings is 1. The molecule has 0 saturated carbocycles. The van der Waals surface area contributed by atoms with Gasteiger partial charge in [0.05, 0.1) is 23.7 Å². The molecule has 6 nitrogen and oxygen atoms in total. The van der Waals surface area contributed by atoms with E-state index in [1.54, 1.807) is 28.6 Å². The molecule has 1 fully saturated rings. The molecule has 156 valence electrons. The van der Waals surface area contributed by atoms with Crippen LogP contribution in [-0.2, 0) is 11.3 Å². The van der Waals surface area contributed by atoms with Gasteiger partial charge >= 0.3 is 0 Å². The fourth-order valence-corrected chi connectivity index (χ4v) is 3.91. The van der Waals surface area contributed by atoms with Crippen molar-refractivity contribution in [1.29, 1.82) is 0 Å². The Morgan fingerprint density at radius 1 is 1.31 bits per heavy atom. The predicted octanol–water partition coefficient (Wildman–Crippen LogP) is 3.41. The van der Waals surface area contributed by atoms with Gasteiger partial charge in [0.25, 0.3) is 5.91 Å². The minimum Gasteiger partial charge on any atom is -0.356 e. The maximum Gasteiger partial charge on any atom is 0.258 e. The van der Waals surface area contributed by atoms with Crippen molar-refractivity contribution in [2.45, 2.75) is 39.7 Å². The standard InChI is InChI=1S/C21H26ClFN4O2/c1-3-10-24-20(28)16-5-4-11-26(13-16)21(29)18-14(2)25-27(19(18)22)12-15-6-8-17(23)9-7-15/h6-9,16H,3-5,10-13H2,1-2H3,(H,24,28). The van der Waals surface area contributed by atoms with Gasteiger partial charge in [-0.1, -0.05) is 30.7 Å². The van der Waals surface area contributed by atoms with Crippen LogP contribution < -0.4 is 5.32 Å². The monoisotopic (exact) mass is 420 g/mol. The van der Waals surface area contributed by atoms with Crippen LogP contribution in [0.2, 0.25) is 5.15 Å². The number of hydrogen-bond acceptors (Lipinski definition) is 3. The fourth-order valence-electron chi connectivity index (χ4n) is 3.59. The van der Waals surface area contributed by atoms with Crippen molar-refractivity contribution >= 4 is 23.4 Å². The molecule has 8 heteroatoms. The number of carbonyl (C=O) groups is 2. The number of nitrogens with zero attached hydrogens (tertiary/aromatic N) is 3. The van der Waals surface area contributed by atoms with Crippen LogP contribution in [0, 0.1) is 18.7 Å². The maximum atomic E-state index is 13.1. The minimum atomic E-state index is -0.310. The van der Waals surface area contributed by atoms with Crippen molar-refractivity contribution in [1.82, 2.24) is 20.0 Å². The highest BCUT2D eigenvalue weighted by Gasteiger charge is 2.31. The molecular formula is C21H26ClFN4O2. The van der Waals surface area contributed by atoms with E-state index in [1.165, 1.54) is 12.1 Å². The summed E-state index contributed by atoms with van der Waals surface area (Å²) in [6, 6.07) is 6.08. The molecule has 1 aromatic carbocycles. The Bertz CT molecular complexity index is 882. The van der Waals surface area contributed by atoms with E-state index >= 15 is 0 Å². The Kier molecular flexibility index (Phi) is 6.90. The summed E-state index contributed by atoms with van der Waals surface area (Å²) in [7, 11) is 0. The smallest absolute Gasteiger partial charge is 0.258 e. The third-order valence-electron chi connectivity index (χ3n) is 5.15. The van der Waals surface area contributed by atoms with Crippen molar-refractivity contribution in [2.24, 2.45) is 5.92 Å². The van der Waals surface area contributed by atoms with Gasteiger partial charge in [-0.05, 0) is 43.9 Å². The fraction of sp³-hybridized carbons (Fsp3) is 0.476. The summed E-state index contributed by atoms with van der Waals surface area (Å²) >= 11 is 6.49. The number of likely N-dealkylation sites (tertiary alicyclic amines) is 1. The van der Waals surface area contributed by atoms with Gasteiger partial charge in [-0.2, -0.15) is 5.10 Å². The summed E-state index contributed by atoms with van der Waals surface area (Å²) in [5.41, 5.74) is 1.74. The molecule has 3 rings (SSSR count). The Hall–Kier alpha value is -2.41. The molecular weight excluding hydrogens is 395 g/mol. The van der Waals surface area contributed by atoms with Crippen LogP contribution in [-0.4, -0.2) is 46.1 Å². The van der Waals surface area contributed by atoms with Gasteiger partial charge in [-0.3, -0.25) is 9.59 Å². The zero-order valence-electron chi connectivity index (χ0n) is 16.8. The Labute approximate surface area is 175 Å². The lowest BCUT2D eigenvalue weighted by molar-refractivity contribution is -0.126. The highest BCUT2D eigenvalue weighted by molar-refractivity contribution is 6.33. The number of amides is 2. The first kappa shape index (κ1) is 21.3. The highest BCUT2D eigenvalue weighted by atomic mass is 35.5. The summed E-state index contributed by atoms with van der Waals surface area (Å²) in [5.74, 6) is -0.715. The van der Waals surface area contributed by atoms with E-state index in [9.17, 15) is 14.0 Å². The van der Waals surface area contributed by atoms with Crippen LogP contribution in [0.15, 0.2) is 24.3 Å². The van der Waals surface area contributed by atoms with Crippen molar-refractivity contribution in [3.8, 4) is 0 Å². The summed E-state index contributed by atoms with van der Waals surface area (Å²) in [6.07, 6.45) is 2.43. The minimum absolute atomic E-state index is 0.000765. The number of nitrogens with one attached hydrogen (secondary N) is 1. The molecule has 2 amide bonds. The van der Waals surface area contributed by atoms with Gasteiger partial charge < -0.3 is 10.2 Å². The molecule has 0 aliphatic carbocycles. The van der Waals surface area contributed by atoms with E-state index < -0.39 is 0 Å². The largest absolute Gasteiger partial charge is 0.356 e. The normalized spacial score (nSPS) is 16.7. The summed E-state index contributed by atoms with van der Waals surface area (Å²) in [6.45, 7) is 5.71. The predicted molar refractivity (Wildman–Crippen MR) is 109 cm³/mol. The SMILES string of the molecule is CCCNC(=O)C1CCCN(C(=O)c2c(C)nn(Cc3ccc(F)cc3)c2Cl)C1. The van der Waals surface area contributed by atoms with Gasteiger partial charge in [-0.15, -0.1) is 0 Å². The van der Waals surface area contributed by atoms with Crippen LogP contribution in [0.3, 0.4) is 0 Å². The van der Waals surface area contributed by atoms with Gasteiger partial charge in [-0.25, -0.2) is 9.07 Å². The van der Waals surface area contributed by atoms with Crippen LogP contribution in [0.25, 0.3) is 0 Å². The third-order valence-corrected chi connectivity index (χ3v) is 5.54. The van der Waals surface area contributed by atoms with E-state index in [1.807, 2.05) is 6.92 Å². The molecule has 2 heterocycles. The second kappa shape index (κ2) is 9.39. The number of aromatic nitrogens is 2. The molecule has 0 radical (unpaired) electrons. The van der Waals surface area contributed by atoms with E-state index in [2.05, 4.69) is 10.4 Å². The molecule has 0 bridgehead atoms. The number of rotatable bonds is 6. The third kappa shape index (κ3) is 4.96. The zero-order chi connectivity index (χ0) is 21.0. The lowest BCUT2D eigenvalue weighted by atomic mass is 9.96. The van der Waals surface area contributed by atoms with E-state index in [0.29, 0.717) is 37.4 Å². The topological polar surface area (TPSA) is 67.2 Å². The van der Waals surface area contributed by atoms with Gasteiger partial charge in [0.15, 0.2) is 0 Å². The van der Waals surface area contributed by atoms with Crippen molar-refractivity contribution in [3.05, 3.63) is 52.1 Å². The number of aryl methyl sites for hydroxylation is 1. The highest BCUT2D eigenvalue weighted by Crippen LogP contribution is 2.25. The van der Waals surface area contributed by atoms with Gasteiger partial charge in [0.2, 0.25) is 5.91 Å². The van der Waals surface area contributed by atoms with Crippen molar-refractivity contribution in [2.75, 3.05) is 19.6 Å². The Balaban J connectivity index is 1.74. The van der Waals surface area contributed by atoms with Crippen LogP contribution >= 0.6 is 11.6 Å². The summed E-state index contributed by atoms with van der Waals surface area (Å²) in [5, 5.41) is 7.57. The average Bonchev–Trinajstić information content (AvgIpc) is 3.00. The van der Waals surface area contributed by atoms with Gasteiger partial charge in [0, 0.05) is 19.6 Å². The maximum absolute atomic E-state index is 13.1. The number of halogens is 2. The Morgan fingerprint density at radius 3 is 2.72 bits per heavy atom. The zero-order valence-corrected chi connectivity index (χ0v) is 17.5. The number of carbonyl (C=O) groups excluding carboxylic acids is 2. The second-order valence-electron chi connectivity index (χ2n) is 7.42. The first-order valence-corrected chi connectivity index (χ1v) is 10.3. The van der Waals surface area contributed by atoms with E-state index in [0.717, 1.165) is 24.8 Å². The lowest BCUT2D eigenvalue weighted by Gasteiger charge is -2.32. The molecule has 0 spiro atoms. The van der Waals surface area contributed by atoms with Crippen molar-refractivity contribution < 1.29 is 14.0 Å². The molecule has 1 aromatic heterocycles. The van der Waals surface area contributed by atoms with Gasteiger partial charge in [0.1, 0.15) is 11.0 Å². The molecule has 1 saturated heterocycles. The second-order valence-corrected chi connectivity index (χ2v) is 7.77. The molecule has 29 heavy (non-hydrogen) atoms. The van der Waals surface area contributed by atoms with Crippen LogP contribution in [0.4, 0.5) is 4.39 Å².